The Bertz CT molecular complexity index is 505. The van der Waals surface area contributed by atoms with Crippen molar-refractivity contribution in [1.82, 2.24) is 0 Å². The van der Waals surface area contributed by atoms with Gasteiger partial charge in [0, 0.05) is 10.0 Å². The number of aliphatic imine (C=N–C) groups is 1. The number of urea groups is 1. The molecule has 1 aromatic carbocycles. The molecule has 0 atom stereocenters. The molecule has 1 aliphatic heterocycles. The van der Waals surface area contributed by atoms with Gasteiger partial charge in [0.15, 0.2) is 0 Å². The van der Waals surface area contributed by atoms with Crippen LogP contribution in [-0.4, -0.2) is 17.6 Å². The minimum Gasteiger partial charge on any atom is -0.267 e. The van der Waals surface area contributed by atoms with Gasteiger partial charge in [0.25, 0.3) is 5.91 Å². The molecule has 1 heterocycles. The number of amides is 3. The van der Waals surface area contributed by atoms with Crippen molar-refractivity contribution in [3.8, 4) is 0 Å². The lowest BCUT2D eigenvalue weighted by Gasteiger charge is -2.13. The van der Waals surface area contributed by atoms with E-state index >= 15 is 0 Å². The van der Waals surface area contributed by atoms with E-state index in [0.717, 1.165) is 4.90 Å². The third-order valence-electron chi connectivity index (χ3n) is 2.07. The summed E-state index contributed by atoms with van der Waals surface area (Å²) < 4.78 is 0. The van der Waals surface area contributed by atoms with E-state index in [9.17, 15) is 9.59 Å². The highest BCUT2D eigenvalue weighted by Crippen LogP contribution is 2.27. The number of anilines is 1. The van der Waals surface area contributed by atoms with Crippen LogP contribution in [0.3, 0.4) is 0 Å². The van der Waals surface area contributed by atoms with Gasteiger partial charge in [-0.25, -0.2) is 9.69 Å². The topological polar surface area (TPSA) is 49.7 Å². The number of benzene rings is 1. The number of halogens is 2. The molecule has 0 spiro atoms. The molecule has 0 saturated heterocycles. The maximum absolute atomic E-state index is 11.6. The molecule has 0 aromatic heterocycles. The van der Waals surface area contributed by atoms with Gasteiger partial charge in [0.05, 0.1) is 5.69 Å². The Labute approximate surface area is 101 Å². The van der Waals surface area contributed by atoms with E-state index in [4.69, 9.17) is 23.2 Å². The summed E-state index contributed by atoms with van der Waals surface area (Å²) in [5.41, 5.74) is 0.481. The first-order valence-electron chi connectivity index (χ1n) is 4.39. The quantitative estimate of drug-likeness (QED) is 0.776. The lowest BCUT2D eigenvalue weighted by Crippen LogP contribution is -2.31. The second kappa shape index (κ2) is 3.88. The van der Waals surface area contributed by atoms with Crippen molar-refractivity contribution in [3.05, 3.63) is 28.2 Å². The summed E-state index contributed by atoms with van der Waals surface area (Å²) in [6, 6.07) is 3.86. The van der Waals surface area contributed by atoms with E-state index in [1.165, 1.54) is 25.1 Å². The molecule has 0 saturated carbocycles. The molecule has 0 N–H and O–H groups in total. The Morgan fingerprint density at radius 2 is 1.69 bits per heavy atom. The number of carbonyl (C=O) groups excluding carboxylic acids is 2. The van der Waals surface area contributed by atoms with Crippen LogP contribution in [0.4, 0.5) is 10.5 Å². The number of nitrogens with zero attached hydrogens (tertiary/aromatic N) is 2. The molecule has 1 aliphatic rings. The maximum atomic E-state index is 11.6. The fraction of sp³-hybridized carbons (Fsp3) is 0.100. The summed E-state index contributed by atoms with van der Waals surface area (Å²) in [5, 5.41) is 0.709. The van der Waals surface area contributed by atoms with Gasteiger partial charge in [0.2, 0.25) is 0 Å². The van der Waals surface area contributed by atoms with Gasteiger partial charge in [-0.05, 0) is 25.1 Å². The predicted octanol–water partition coefficient (Wildman–Crippen LogP) is 2.92. The highest BCUT2D eigenvalue weighted by molar-refractivity contribution is 6.53. The lowest BCUT2D eigenvalue weighted by molar-refractivity contribution is -0.111. The van der Waals surface area contributed by atoms with Crippen molar-refractivity contribution in [2.24, 2.45) is 4.99 Å². The summed E-state index contributed by atoms with van der Waals surface area (Å²) >= 11 is 11.6. The van der Waals surface area contributed by atoms with Crippen LogP contribution in [0.25, 0.3) is 0 Å². The summed E-state index contributed by atoms with van der Waals surface area (Å²) in [5.74, 6) is -0.455. The molecule has 3 amide bonds. The van der Waals surface area contributed by atoms with Crippen LogP contribution in [0, 0.1) is 0 Å². The molecule has 0 unspecified atom stereocenters. The van der Waals surface area contributed by atoms with Gasteiger partial charge in [-0.2, -0.15) is 4.99 Å². The molecule has 0 aliphatic carbocycles. The maximum Gasteiger partial charge on any atom is 0.355 e. The van der Waals surface area contributed by atoms with Crippen LogP contribution in [0.2, 0.25) is 10.0 Å². The van der Waals surface area contributed by atoms with Gasteiger partial charge < -0.3 is 0 Å². The molecule has 0 radical (unpaired) electrons. The SMILES string of the molecule is CC1=NC(=O)N(c2cc(Cl)cc(Cl)c2)C1=O. The normalized spacial score (nSPS) is 15.7. The Hall–Kier alpha value is -1.39. The summed E-state index contributed by atoms with van der Waals surface area (Å²) in [4.78, 5) is 27.6. The van der Waals surface area contributed by atoms with Crippen LogP contribution in [0.15, 0.2) is 23.2 Å². The molecule has 6 heteroatoms. The smallest absolute Gasteiger partial charge is 0.267 e. The van der Waals surface area contributed by atoms with Crippen molar-refractivity contribution in [2.75, 3.05) is 4.90 Å². The van der Waals surface area contributed by atoms with E-state index < -0.39 is 11.9 Å². The highest BCUT2D eigenvalue weighted by atomic mass is 35.5. The van der Waals surface area contributed by atoms with Crippen LogP contribution in [0.1, 0.15) is 6.92 Å². The number of hydrogen-bond donors (Lipinski definition) is 0. The van der Waals surface area contributed by atoms with Gasteiger partial charge in [0.1, 0.15) is 5.71 Å². The summed E-state index contributed by atoms with van der Waals surface area (Å²) in [6.45, 7) is 1.48. The molecule has 16 heavy (non-hydrogen) atoms. The number of rotatable bonds is 1. The fourth-order valence-electron chi connectivity index (χ4n) is 1.39. The predicted molar refractivity (Wildman–Crippen MR) is 62.5 cm³/mol. The van der Waals surface area contributed by atoms with Crippen molar-refractivity contribution < 1.29 is 9.59 Å². The van der Waals surface area contributed by atoms with Crippen LogP contribution in [0.5, 0.6) is 0 Å². The van der Waals surface area contributed by atoms with Gasteiger partial charge >= 0.3 is 6.03 Å². The lowest BCUT2D eigenvalue weighted by atomic mass is 10.3. The molecule has 0 bridgehead atoms. The third-order valence-corrected chi connectivity index (χ3v) is 2.51. The molecular weight excluding hydrogens is 251 g/mol. The highest BCUT2D eigenvalue weighted by Gasteiger charge is 2.32. The number of imide groups is 1. The van der Waals surface area contributed by atoms with E-state index in [2.05, 4.69) is 4.99 Å². The first-order valence-corrected chi connectivity index (χ1v) is 5.14. The Kier molecular flexibility index (Phi) is 2.69. The van der Waals surface area contributed by atoms with Crippen LogP contribution >= 0.6 is 23.2 Å². The number of hydrogen-bond acceptors (Lipinski definition) is 2. The van der Waals surface area contributed by atoms with Gasteiger partial charge in [-0.3, -0.25) is 4.79 Å². The van der Waals surface area contributed by atoms with Crippen molar-refractivity contribution in [3.63, 3.8) is 0 Å². The Balaban J connectivity index is 2.46. The zero-order valence-corrected chi connectivity index (χ0v) is 9.71. The summed E-state index contributed by atoms with van der Waals surface area (Å²) in [6.07, 6.45) is 0. The van der Waals surface area contributed by atoms with Crippen LogP contribution in [-0.2, 0) is 4.79 Å². The molecule has 0 fully saturated rings. The average molecular weight is 257 g/mol. The molecule has 1 aromatic rings. The second-order valence-electron chi connectivity index (χ2n) is 3.25. The second-order valence-corrected chi connectivity index (χ2v) is 4.12. The standard InChI is InChI=1S/C10H6Cl2N2O2/c1-5-9(15)14(10(16)13-5)8-3-6(11)2-7(12)4-8/h2-4H,1H3. The largest absolute Gasteiger partial charge is 0.355 e. The molecule has 2 rings (SSSR count). The molecule has 82 valence electrons. The third kappa shape index (κ3) is 1.81. The fourth-order valence-corrected chi connectivity index (χ4v) is 1.90. The monoisotopic (exact) mass is 256 g/mol. The zero-order valence-electron chi connectivity index (χ0n) is 8.20. The zero-order chi connectivity index (χ0) is 11.9. The number of carbonyl (C=O) groups is 2. The van der Waals surface area contributed by atoms with Gasteiger partial charge in [-0.1, -0.05) is 23.2 Å². The van der Waals surface area contributed by atoms with Crippen LogP contribution < -0.4 is 4.90 Å². The Morgan fingerprint density at radius 1 is 1.12 bits per heavy atom. The first kappa shape index (κ1) is 11.1. The Morgan fingerprint density at radius 3 is 2.12 bits per heavy atom. The average Bonchev–Trinajstić information content (AvgIpc) is 2.39. The van der Waals surface area contributed by atoms with Crippen molar-refractivity contribution >= 4 is 46.5 Å². The minimum atomic E-state index is -0.624. The van der Waals surface area contributed by atoms with Gasteiger partial charge in [-0.15, -0.1) is 0 Å². The first-order chi connectivity index (χ1) is 7.49. The van der Waals surface area contributed by atoms with Crippen molar-refractivity contribution in [1.29, 1.82) is 0 Å². The van der Waals surface area contributed by atoms with E-state index in [-0.39, 0.29) is 5.71 Å². The van der Waals surface area contributed by atoms with E-state index in [0.29, 0.717) is 15.7 Å². The molecular formula is C10H6Cl2N2O2. The summed E-state index contributed by atoms with van der Waals surface area (Å²) in [7, 11) is 0. The van der Waals surface area contributed by atoms with E-state index in [1.807, 2.05) is 0 Å². The molecule has 4 nitrogen and oxygen atoms in total. The minimum absolute atomic E-state index is 0.154. The van der Waals surface area contributed by atoms with Crippen molar-refractivity contribution in [2.45, 2.75) is 6.92 Å². The van der Waals surface area contributed by atoms with E-state index in [1.54, 1.807) is 0 Å².